The Hall–Kier alpha value is -2.16. The quantitative estimate of drug-likeness (QED) is 0.599. The molecule has 0 bridgehead atoms. The minimum atomic E-state index is -2.60. The zero-order valence-electron chi connectivity index (χ0n) is 13.3. The molecule has 0 atom stereocenters. The first kappa shape index (κ1) is 16.7. The second-order valence-corrected chi connectivity index (χ2v) is 6.55. The standard InChI is InChI=1S/C15H17F2N5OS/c1-10(2)8-22-13(11-4-3-7-23-11)19-20-15(22)24-9-12-18-5-6-21(12)14(16)17/h3-7,10,14H,8-9H2,1-2H3. The van der Waals surface area contributed by atoms with Crippen LogP contribution in [0.3, 0.4) is 0 Å². The zero-order valence-corrected chi connectivity index (χ0v) is 14.1. The van der Waals surface area contributed by atoms with Crippen LogP contribution in [0.1, 0.15) is 26.2 Å². The minimum Gasteiger partial charge on any atom is -0.461 e. The van der Waals surface area contributed by atoms with Gasteiger partial charge in [-0.25, -0.2) is 4.98 Å². The third kappa shape index (κ3) is 3.50. The smallest absolute Gasteiger partial charge is 0.319 e. The summed E-state index contributed by atoms with van der Waals surface area (Å²) in [6.45, 7) is 2.28. The van der Waals surface area contributed by atoms with Crippen molar-refractivity contribution in [3.05, 3.63) is 36.6 Å². The number of hydrogen-bond donors (Lipinski definition) is 0. The number of nitrogens with zero attached hydrogens (tertiary/aromatic N) is 5. The molecule has 9 heteroatoms. The van der Waals surface area contributed by atoms with Crippen LogP contribution in [0.5, 0.6) is 0 Å². The van der Waals surface area contributed by atoms with E-state index in [4.69, 9.17) is 4.42 Å². The van der Waals surface area contributed by atoms with E-state index in [9.17, 15) is 8.78 Å². The molecule has 0 radical (unpaired) electrons. The first-order valence-corrected chi connectivity index (χ1v) is 8.44. The van der Waals surface area contributed by atoms with E-state index in [2.05, 4.69) is 29.0 Å². The predicted octanol–water partition coefficient (Wildman–Crippen LogP) is 4.08. The second-order valence-electron chi connectivity index (χ2n) is 5.61. The van der Waals surface area contributed by atoms with E-state index in [1.54, 1.807) is 12.3 Å². The fraction of sp³-hybridized carbons (Fsp3) is 0.400. The first-order chi connectivity index (χ1) is 11.6. The highest BCUT2D eigenvalue weighted by atomic mass is 32.2. The third-order valence-electron chi connectivity index (χ3n) is 3.30. The number of thioether (sulfide) groups is 1. The minimum absolute atomic E-state index is 0.283. The summed E-state index contributed by atoms with van der Waals surface area (Å²) in [6.07, 6.45) is 4.22. The Balaban J connectivity index is 1.84. The lowest BCUT2D eigenvalue weighted by Gasteiger charge is -2.11. The van der Waals surface area contributed by atoms with E-state index >= 15 is 0 Å². The Labute approximate surface area is 141 Å². The maximum Gasteiger partial charge on any atom is 0.319 e. The second kappa shape index (κ2) is 7.16. The molecular formula is C15H17F2N5OS. The van der Waals surface area contributed by atoms with Gasteiger partial charge < -0.3 is 4.42 Å². The van der Waals surface area contributed by atoms with E-state index < -0.39 is 6.55 Å². The molecule has 3 aromatic heterocycles. The van der Waals surface area contributed by atoms with Crippen molar-refractivity contribution < 1.29 is 13.2 Å². The Morgan fingerprint density at radius 1 is 1.29 bits per heavy atom. The van der Waals surface area contributed by atoms with Crippen LogP contribution in [-0.2, 0) is 12.3 Å². The van der Waals surface area contributed by atoms with Crippen molar-refractivity contribution in [1.29, 1.82) is 0 Å². The van der Waals surface area contributed by atoms with Crippen LogP contribution in [0.4, 0.5) is 8.78 Å². The molecule has 3 heterocycles. The molecule has 24 heavy (non-hydrogen) atoms. The van der Waals surface area contributed by atoms with Crippen molar-refractivity contribution in [3.8, 4) is 11.6 Å². The van der Waals surface area contributed by atoms with Gasteiger partial charge in [0.25, 0.3) is 0 Å². The lowest BCUT2D eigenvalue weighted by molar-refractivity contribution is 0.0678. The molecule has 6 nitrogen and oxygen atoms in total. The summed E-state index contributed by atoms with van der Waals surface area (Å²) < 4.78 is 34.0. The number of rotatable bonds is 7. The van der Waals surface area contributed by atoms with Crippen molar-refractivity contribution in [2.45, 2.75) is 37.9 Å². The van der Waals surface area contributed by atoms with Crippen molar-refractivity contribution >= 4 is 11.8 Å². The molecule has 0 fully saturated rings. The Morgan fingerprint density at radius 3 is 2.79 bits per heavy atom. The van der Waals surface area contributed by atoms with Gasteiger partial charge in [-0.05, 0) is 18.1 Å². The fourth-order valence-electron chi connectivity index (χ4n) is 2.28. The lowest BCUT2D eigenvalue weighted by Crippen LogP contribution is -2.08. The van der Waals surface area contributed by atoms with Gasteiger partial charge in [-0.3, -0.25) is 9.13 Å². The van der Waals surface area contributed by atoms with Crippen LogP contribution in [-0.4, -0.2) is 24.3 Å². The molecule has 0 aliphatic carbocycles. The monoisotopic (exact) mass is 353 g/mol. The van der Waals surface area contributed by atoms with E-state index in [0.717, 1.165) is 4.57 Å². The molecule has 128 valence electrons. The number of furan rings is 1. The van der Waals surface area contributed by atoms with Gasteiger partial charge in [0.05, 0.1) is 12.0 Å². The van der Waals surface area contributed by atoms with Crippen LogP contribution < -0.4 is 0 Å². The molecule has 0 unspecified atom stereocenters. The summed E-state index contributed by atoms with van der Waals surface area (Å²) >= 11 is 1.33. The van der Waals surface area contributed by atoms with Crippen LogP contribution in [0.25, 0.3) is 11.6 Å². The molecular weight excluding hydrogens is 336 g/mol. The molecule has 0 N–H and O–H groups in total. The number of alkyl halides is 2. The Morgan fingerprint density at radius 2 is 2.12 bits per heavy atom. The van der Waals surface area contributed by atoms with Crippen molar-refractivity contribution in [2.75, 3.05) is 0 Å². The summed E-state index contributed by atoms with van der Waals surface area (Å²) in [7, 11) is 0. The Bertz CT molecular complexity index is 782. The van der Waals surface area contributed by atoms with E-state index in [-0.39, 0.29) is 5.75 Å². The number of imidazole rings is 1. The van der Waals surface area contributed by atoms with Gasteiger partial charge in [0.2, 0.25) is 0 Å². The average molecular weight is 353 g/mol. The topological polar surface area (TPSA) is 61.7 Å². The van der Waals surface area contributed by atoms with Gasteiger partial charge >= 0.3 is 6.55 Å². The van der Waals surface area contributed by atoms with E-state index in [0.29, 0.717) is 35.0 Å². The molecule has 0 spiro atoms. The maximum atomic E-state index is 12.9. The van der Waals surface area contributed by atoms with E-state index in [1.165, 1.54) is 24.2 Å². The van der Waals surface area contributed by atoms with E-state index in [1.807, 2.05) is 10.6 Å². The van der Waals surface area contributed by atoms with Crippen molar-refractivity contribution in [1.82, 2.24) is 24.3 Å². The number of halogens is 2. The summed E-state index contributed by atoms with van der Waals surface area (Å²) in [5.74, 6) is 2.22. The predicted molar refractivity (Wildman–Crippen MR) is 85.6 cm³/mol. The Kier molecular flexibility index (Phi) is 4.98. The largest absolute Gasteiger partial charge is 0.461 e. The summed E-state index contributed by atoms with van der Waals surface area (Å²) in [4.78, 5) is 3.99. The first-order valence-electron chi connectivity index (χ1n) is 7.46. The number of hydrogen-bond acceptors (Lipinski definition) is 5. The molecule has 3 aromatic rings. The molecule has 0 aliphatic heterocycles. The maximum absolute atomic E-state index is 12.9. The van der Waals surface area contributed by atoms with Crippen LogP contribution in [0, 0.1) is 5.92 Å². The van der Waals surface area contributed by atoms with Gasteiger partial charge in [0.1, 0.15) is 5.82 Å². The lowest BCUT2D eigenvalue weighted by atomic mass is 10.2. The molecule has 0 saturated heterocycles. The SMILES string of the molecule is CC(C)Cn1c(SCc2nccn2C(F)F)nnc1-c1ccco1. The third-order valence-corrected chi connectivity index (χ3v) is 4.26. The summed E-state index contributed by atoms with van der Waals surface area (Å²) in [6, 6.07) is 3.61. The summed E-state index contributed by atoms with van der Waals surface area (Å²) in [5, 5.41) is 9.03. The van der Waals surface area contributed by atoms with Crippen LogP contribution in [0.15, 0.2) is 40.4 Å². The number of aromatic nitrogens is 5. The highest BCUT2D eigenvalue weighted by Crippen LogP contribution is 2.28. The van der Waals surface area contributed by atoms with Gasteiger partial charge in [0, 0.05) is 18.9 Å². The van der Waals surface area contributed by atoms with Gasteiger partial charge in [0.15, 0.2) is 16.7 Å². The van der Waals surface area contributed by atoms with Crippen LogP contribution in [0.2, 0.25) is 0 Å². The van der Waals surface area contributed by atoms with Crippen molar-refractivity contribution in [3.63, 3.8) is 0 Å². The van der Waals surface area contributed by atoms with Crippen molar-refractivity contribution in [2.24, 2.45) is 5.92 Å². The van der Waals surface area contributed by atoms with Gasteiger partial charge in [-0.1, -0.05) is 25.6 Å². The average Bonchev–Trinajstić information content (AvgIpc) is 3.25. The van der Waals surface area contributed by atoms with Gasteiger partial charge in [-0.15, -0.1) is 10.2 Å². The fourth-order valence-corrected chi connectivity index (χ4v) is 3.17. The molecule has 0 aromatic carbocycles. The highest BCUT2D eigenvalue weighted by molar-refractivity contribution is 7.98. The molecule has 0 aliphatic rings. The molecule has 3 rings (SSSR count). The molecule has 0 saturated carbocycles. The normalized spacial score (nSPS) is 11.8. The highest BCUT2D eigenvalue weighted by Gasteiger charge is 2.19. The van der Waals surface area contributed by atoms with Gasteiger partial charge in [-0.2, -0.15) is 8.78 Å². The molecule has 0 amide bonds. The van der Waals surface area contributed by atoms with Crippen LogP contribution >= 0.6 is 11.8 Å². The summed E-state index contributed by atoms with van der Waals surface area (Å²) in [5.41, 5.74) is 0. The zero-order chi connectivity index (χ0) is 17.1.